The number of benzene rings is 1. The van der Waals surface area contributed by atoms with Crippen molar-refractivity contribution in [3.63, 3.8) is 0 Å². The molecule has 12 heteroatoms. The molecule has 3 heterocycles. The summed E-state index contributed by atoms with van der Waals surface area (Å²) in [5, 5.41) is 14.6. The molecule has 6 rings (SSSR count). The van der Waals surface area contributed by atoms with Crippen LogP contribution in [0.2, 0.25) is 0 Å². The summed E-state index contributed by atoms with van der Waals surface area (Å²) >= 11 is 0. The standard InChI is InChI=1S/C39H47NO11/c1-15(2)12-24-30-18(5)17(4)14-23-13-16(3)10-11-25(44)31(45)27-29(37(46)39(23,30)38(47)40-24)33-26-19(6)32(48-20(7)41)36(50-22(9)43)35(49-21(8)42)28(26)34(27)51-33/h13-15,18,23-25,27,29-30,33-34,44H,10-12H2,1-9H3,(H,40,47)/b16-13+/t18-,23+,24+,25-,27-,29+,30+,33+,34+,39+/m1/s1. The topological polar surface area (TPSA) is 172 Å². The fraction of sp³-hybridized carbons (Fsp3) is 0.590. The fourth-order valence-electron chi connectivity index (χ4n) is 9.61. The first-order chi connectivity index (χ1) is 23.9. The zero-order valence-electron chi connectivity index (χ0n) is 30.6. The lowest BCUT2D eigenvalue weighted by Gasteiger charge is -2.47. The summed E-state index contributed by atoms with van der Waals surface area (Å²) in [4.78, 5) is 82.2. The predicted octanol–water partition coefficient (Wildman–Crippen LogP) is 4.73. The third-order valence-electron chi connectivity index (χ3n) is 11.6. The first-order valence-electron chi connectivity index (χ1n) is 17.7. The number of ketones is 2. The number of aliphatic hydroxyl groups excluding tert-OH is 1. The summed E-state index contributed by atoms with van der Waals surface area (Å²) in [5.74, 6) is -8.21. The largest absolute Gasteiger partial charge is 0.422 e. The zero-order valence-corrected chi connectivity index (χ0v) is 30.6. The van der Waals surface area contributed by atoms with Crippen molar-refractivity contribution in [3.8, 4) is 17.2 Å². The second-order valence-corrected chi connectivity index (χ2v) is 15.4. The van der Waals surface area contributed by atoms with E-state index in [2.05, 4.69) is 19.2 Å². The molecule has 2 saturated heterocycles. The van der Waals surface area contributed by atoms with E-state index in [1.54, 1.807) is 6.92 Å². The molecule has 2 fully saturated rings. The van der Waals surface area contributed by atoms with Crippen LogP contribution in [0.5, 0.6) is 17.2 Å². The molecule has 2 N–H and O–H groups in total. The number of rotatable bonds is 5. The Morgan fingerprint density at radius 2 is 1.49 bits per heavy atom. The maximum absolute atomic E-state index is 15.8. The lowest BCUT2D eigenvalue weighted by Crippen LogP contribution is -2.56. The number of esters is 3. The van der Waals surface area contributed by atoms with Crippen LogP contribution in [0.3, 0.4) is 0 Å². The molecule has 0 unspecified atom stereocenters. The first kappa shape index (κ1) is 36.6. The Morgan fingerprint density at radius 1 is 0.902 bits per heavy atom. The molecule has 10 atom stereocenters. The number of aliphatic hydroxyl groups is 1. The summed E-state index contributed by atoms with van der Waals surface area (Å²) in [6, 6.07) is -0.313. The predicted molar refractivity (Wildman–Crippen MR) is 181 cm³/mol. The van der Waals surface area contributed by atoms with E-state index in [0.29, 0.717) is 18.4 Å². The number of nitrogens with one attached hydrogen (secondary N) is 1. The summed E-state index contributed by atoms with van der Waals surface area (Å²) in [5.41, 5.74) is 1.09. The highest BCUT2D eigenvalue weighted by atomic mass is 16.6. The van der Waals surface area contributed by atoms with Crippen LogP contribution in [-0.2, 0) is 33.5 Å². The summed E-state index contributed by atoms with van der Waals surface area (Å²) < 4.78 is 23.3. The Morgan fingerprint density at radius 3 is 2.10 bits per heavy atom. The minimum atomic E-state index is -1.60. The van der Waals surface area contributed by atoms with Crippen LogP contribution in [0.15, 0.2) is 23.3 Å². The second-order valence-electron chi connectivity index (χ2n) is 15.4. The minimum Gasteiger partial charge on any atom is -0.422 e. The molecule has 0 radical (unpaired) electrons. The van der Waals surface area contributed by atoms with E-state index in [9.17, 15) is 29.1 Å². The lowest BCUT2D eigenvalue weighted by molar-refractivity contribution is -0.152. The third kappa shape index (κ3) is 5.65. The molecule has 1 amide bonds. The number of carbonyl (C=O) groups is 6. The second kappa shape index (κ2) is 13.1. The monoisotopic (exact) mass is 705 g/mol. The number of hydrogen-bond donors (Lipinski definition) is 2. The van der Waals surface area contributed by atoms with Crippen LogP contribution in [-0.4, -0.2) is 52.6 Å². The van der Waals surface area contributed by atoms with Gasteiger partial charge in [0.2, 0.25) is 11.7 Å². The molecule has 274 valence electrons. The van der Waals surface area contributed by atoms with Crippen molar-refractivity contribution in [2.75, 3.05) is 0 Å². The zero-order chi connectivity index (χ0) is 37.4. The molecule has 3 aliphatic heterocycles. The molecule has 0 saturated carbocycles. The van der Waals surface area contributed by atoms with E-state index < -0.39 is 82.8 Å². The van der Waals surface area contributed by atoms with E-state index in [1.165, 1.54) is 0 Å². The van der Waals surface area contributed by atoms with Gasteiger partial charge in [0.05, 0.1) is 24.0 Å². The van der Waals surface area contributed by atoms with Gasteiger partial charge in [0.25, 0.3) is 0 Å². The highest BCUT2D eigenvalue weighted by molar-refractivity contribution is 6.12. The van der Waals surface area contributed by atoms with Crippen LogP contribution in [0, 0.1) is 47.8 Å². The van der Waals surface area contributed by atoms with E-state index in [4.69, 9.17) is 18.9 Å². The Kier molecular flexibility index (Phi) is 9.42. The van der Waals surface area contributed by atoms with Crippen molar-refractivity contribution in [2.45, 2.75) is 106 Å². The van der Waals surface area contributed by atoms with Gasteiger partial charge in [-0.25, -0.2) is 0 Å². The average Bonchev–Trinajstić information content (AvgIpc) is 3.68. The van der Waals surface area contributed by atoms with Gasteiger partial charge >= 0.3 is 17.9 Å². The number of fused-ring (bicyclic) bond motifs is 8. The SMILES string of the molecule is CC(=O)Oc1c(C)c2c(c(OC(C)=O)c1OC(C)=O)[C@H]1O[C@@H]2[C@H]2C(=O)[C@@]34C(=O)N[C@@H](CC(C)C)[C@@H]3[C@H](C)C(C)=C[C@@H]4/C=C(\C)CC[C@@H](O)C(=O)[C@@H]21. The molecule has 1 spiro atoms. The number of ether oxygens (including phenoxy) is 4. The van der Waals surface area contributed by atoms with Gasteiger partial charge in [0.1, 0.15) is 11.5 Å². The van der Waals surface area contributed by atoms with Crippen LogP contribution in [0.25, 0.3) is 0 Å². The van der Waals surface area contributed by atoms with Crippen molar-refractivity contribution in [1.29, 1.82) is 0 Å². The maximum Gasteiger partial charge on any atom is 0.308 e. The molecule has 2 aliphatic carbocycles. The van der Waals surface area contributed by atoms with Gasteiger partial charge in [-0.15, -0.1) is 0 Å². The molecule has 0 aromatic heterocycles. The summed E-state index contributed by atoms with van der Waals surface area (Å²) in [6.07, 6.45) is 1.16. The molecule has 2 bridgehead atoms. The van der Waals surface area contributed by atoms with Crippen LogP contribution >= 0.6 is 0 Å². The molecule has 1 aromatic rings. The summed E-state index contributed by atoms with van der Waals surface area (Å²) in [7, 11) is 0. The molecular weight excluding hydrogens is 658 g/mol. The van der Waals surface area contributed by atoms with Gasteiger partial charge in [0, 0.05) is 49.8 Å². The molecule has 5 aliphatic rings. The van der Waals surface area contributed by atoms with Gasteiger partial charge in [-0.3, -0.25) is 28.8 Å². The fourth-order valence-corrected chi connectivity index (χ4v) is 9.61. The quantitative estimate of drug-likeness (QED) is 0.188. The van der Waals surface area contributed by atoms with Gasteiger partial charge in [-0.05, 0) is 57.4 Å². The minimum absolute atomic E-state index is 0.0765. The van der Waals surface area contributed by atoms with E-state index in [1.807, 2.05) is 32.9 Å². The van der Waals surface area contributed by atoms with E-state index >= 15 is 4.79 Å². The Bertz CT molecular complexity index is 1810. The number of Topliss-reactive ketones (excluding diaryl/α,β-unsaturated/α-hetero) is 2. The molecule has 51 heavy (non-hydrogen) atoms. The van der Waals surface area contributed by atoms with Gasteiger partial charge in [0.15, 0.2) is 23.1 Å². The van der Waals surface area contributed by atoms with E-state index in [-0.39, 0.29) is 52.7 Å². The molecule has 1 aromatic carbocycles. The Labute approximate surface area is 297 Å². The Hall–Kier alpha value is -4.16. The average molecular weight is 706 g/mol. The number of hydrogen-bond acceptors (Lipinski definition) is 11. The van der Waals surface area contributed by atoms with Crippen molar-refractivity contribution >= 4 is 35.4 Å². The molecular formula is C39H47NO11. The van der Waals surface area contributed by atoms with Crippen LogP contribution in [0.4, 0.5) is 0 Å². The van der Waals surface area contributed by atoms with Gasteiger partial charge < -0.3 is 29.4 Å². The van der Waals surface area contributed by atoms with Gasteiger partial charge in [-0.1, -0.05) is 44.1 Å². The van der Waals surface area contributed by atoms with Crippen molar-refractivity contribution in [2.24, 2.45) is 40.9 Å². The lowest BCUT2D eigenvalue weighted by atomic mass is 9.51. The summed E-state index contributed by atoms with van der Waals surface area (Å²) in [6.45, 7) is 15.1. The van der Waals surface area contributed by atoms with Crippen molar-refractivity contribution < 1.29 is 52.8 Å². The highest BCUT2D eigenvalue weighted by Crippen LogP contribution is 2.67. The van der Waals surface area contributed by atoms with Crippen molar-refractivity contribution in [1.82, 2.24) is 5.32 Å². The number of allylic oxidation sites excluding steroid dienone is 4. The van der Waals surface area contributed by atoms with E-state index in [0.717, 1.165) is 31.9 Å². The maximum atomic E-state index is 15.8. The smallest absolute Gasteiger partial charge is 0.308 e. The highest BCUT2D eigenvalue weighted by Gasteiger charge is 2.71. The van der Waals surface area contributed by atoms with Crippen LogP contribution < -0.4 is 19.5 Å². The third-order valence-corrected chi connectivity index (χ3v) is 11.6. The Balaban J connectivity index is 1.65. The molecule has 12 nitrogen and oxygen atoms in total. The normalized spacial score (nSPS) is 35.0. The van der Waals surface area contributed by atoms with Crippen molar-refractivity contribution in [3.05, 3.63) is 40.0 Å². The van der Waals surface area contributed by atoms with Crippen LogP contribution in [0.1, 0.15) is 104 Å². The number of amides is 1. The first-order valence-corrected chi connectivity index (χ1v) is 17.7. The number of carbonyl (C=O) groups excluding carboxylic acids is 6. The van der Waals surface area contributed by atoms with Gasteiger partial charge in [-0.2, -0.15) is 0 Å².